The Morgan fingerprint density at radius 1 is 1.16 bits per heavy atom. The third kappa shape index (κ3) is 3.50. The Labute approximate surface area is 155 Å². The van der Waals surface area contributed by atoms with Crippen LogP contribution in [0, 0.1) is 12.3 Å². The van der Waals surface area contributed by atoms with Crippen LogP contribution in [0.4, 0.5) is 0 Å². The molecule has 1 amide bonds. The summed E-state index contributed by atoms with van der Waals surface area (Å²) in [4.78, 5) is 16.7. The number of hydrogen-bond acceptors (Lipinski definition) is 3. The van der Waals surface area contributed by atoms with Crippen LogP contribution in [0.25, 0.3) is 22.0 Å². The first kappa shape index (κ1) is 17.4. The van der Waals surface area contributed by atoms with Gasteiger partial charge in [0.15, 0.2) is 0 Å². The van der Waals surface area contributed by atoms with Crippen LogP contribution in [0.1, 0.15) is 22.8 Å². The Balaban J connectivity index is 2.25. The molecule has 25 heavy (non-hydrogen) atoms. The number of carbonyl (C=O) groups excluding carboxylic acids is 1. The second kappa shape index (κ2) is 6.82. The Morgan fingerprint density at radius 2 is 1.92 bits per heavy atom. The summed E-state index contributed by atoms with van der Waals surface area (Å²) < 4.78 is 0. The topological polar surface area (TPSA) is 65.8 Å². The average Bonchev–Trinajstić information content (AvgIpc) is 2.54. The minimum Gasteiger partial charge on any atom is -0.311 e. The van der Waals surface area contributed by atoms with E-state index in [4.69, 9.17) is 28.6 Å². The smallest absolute Gasteiger partial charge is 0.256 e. The van der Waals surface area contributed by atoms with E-state index in [1.807, 2.05) is 13.0 Å². The number of pyridine rings is 1. The van der Waals surface area contributed by atoms with Gasteiger partial charge < -0.3 is 5.32 Å². The molecule has 1 aromatic heterocycles. The lowest BCUT2D eigenvalue weighted by Gasteiger charge is -2.13. The van der Waals surface area contributed by atoms with Gasteiger partial charge in [0.25, 0.3) is 5.91 Å². The van der Waals surface area contributed by atoms with E-state index in [9.17, 15) is 4.79 Å². The van der Waals surface area contributed by atoms with E-state index in [1.54, 1.807) is 36.5 Å². The Kier molecular flexibility index (Phi) is 4.75. The lowest BCUT2D eigenvalue weighted by atomic mass is 9.96. The second-order valence-electron chi connectivity index (χ2n) is 5.75. The van der Waals surface area contributed by atoms with E-state index in [1.165, 1.54) is 6.92 Å². The van der Waals surface area contributed by atoms with E-state index in [0.717, 1.165) is 27.6 Å². The summed E-state index contributed by atoms with van der Waals surface area (Å²) in [5.74, 6) is -0.238. The van der Waals surface area contributed by atoms with Crippen molar-refractivity contribution in [3.8, 4) is 11.1 Å². The molecule has 0 aliphatic heterocycles. The number of benzene rings is 2. The molecule has 0 aliphatic carbocycles. The summed E-state index contributed by atoms with van der Waals surface area (Å²) in [7, 11) is 0. The number of nitrogens with zero attached hydrogens (tertiary/aromatic N) is 1. The van der Waals surface area contributed by atoms with Gasteiger partial charge in [0.1, 0.15) is 0 Å². The summed E-state index contributed by atoms with van der Waals surface area (Å²) in [5, 5.41) is 11.8. The largest absolute Gasteiger partial charge is 0.311 e. The predicted octanol–water partition coefficient (Wildman–Crippen LogP) is 5.24. The fraction of sp³-hybridized carbons (Fsp3) is 0.105. The van der Waals surface area contributed by atoms with Gasteiger partial charge in [-0.3, -0.25) is 15.2 Å². The third-order valence-corrected chi connectivity index (χ3v) is 4.37. The van der Waals surface area contributed by atoms with Crippen molar-refractivity contribution in [1.82, 2.24) is 10.3 Å². The third-order valence-electron chi connectivity index (χ3n) is 3.82. The minimum atomic E-state index is -0.330. The molecule has 0 fully saturated rings. The lowest BCUT2D eigenvalue weighted by molar-refractivity contribution is 0.0977. The number of hydrogen-bond donors (Lipinski definition) is 2. The predicted molar refractivity (Wildman–Crippen MR) is 103 cm³/mol. The summed E-state index contributed by atoms with van der Waals surface area (Å²) in [5.41, 5.74) is 3.90. The van der Waals surface area contributed by atoms with Gasteiger partial charge in [-0.05, 0) is 55.3 Å². The van der Waals surface area contributed by atoms with E-state index < -0.39 is 0 Å². The van der Waals surface area contributed by atoms with Crippen LogP contribution in [-0.4, -0.2) is 16.7 Å². The molecular weight excluding hydrogens is 357 g/mol. The lowest BCUT2D eigenvalue weighted by Crippen LogP contribution is -2.27. The zero-order chi connectivity index (χ0) is 18.1. The van der Waals surface area contributed by atoms with Crippen molar-refractivity contribution in [2.45, 2.75) is 13.8 Å². The Morgan fingerprint density at radius 3 is 2.60 bits per heavy atom. The second-order valence-corrected chi connectivity index (χ2v) is 6.60. The monoisotopic (exact) mass is 371 g/mol. The zero-order valence-corrected chi connectivity index (χ0v) is 15.2. The van der Waals surface area contributed by atoms with Crippen molar-refractivity contribution in [2.24, 2.45) is 0 Å². The summed E-state index contributed by atoms with van der Waals surface area (Å²) >= 11 is 12.4. The standard InChI is InChI=1S/C19H15Cl2N3O/c1-10-9-23-17-6-3-12(19(25)24-11(2)22)7-15(17)18(10)14-5-4-13(20)8-16(14)21/h3-9H,1-2H3,(H2,22,24,25). The highest BCUT2D eigenvalue weighted by atomic mass is 35.5. The van der Waals surface area contributed by atoms with Crippen LogP contribution in [0.2, 0.25) is 10.0 Å². The number of aromatic nitrogens is 1. The average molecular weight is 372 g/mol. The van der Waals surface area contributed by atoms with Gasteiger partial charge in [0.05, 0.1) is 11.4 Å². The van der Waals surface area contributed by atoms with Gasteiger partial charge >= 0.3 is 0 Å². The van der Waals surface area contributed by atoms with Crippen molar-refractivity contribution in [1.29, 1.82) is 5.41 Å². The minimum absolute atomic E-state index is 0.0911. The molecule has 0 saturated heterocycles. The molecule has 0 saturated carbocycles. The molecule has 2 N–H and O–H groups in total. The molecule has 6 heteroatoms. The fourth-order valence-corrected chi connectivity index (χ4v) is 3.23. The van der Waals surface area contributed by atoms with Crippen molar-refractivity contribution in [2.75, 3.05) is 0 Å². The maximum Gasteiger partial charge on any atom is 0.256 e. The molecule has 0 atom stereocenters. The summed E-state index contributed by atoms with van der Waals surface area (Å²) in [6, 6.07) is 10.6. The van der Waals surface area contributed by atoms with Crippen LogP contribution in [-0.2, 0) is 0 Å². The number of amidine groups is 1. The number of carbonyl (C=O) groups is 1. The number of nitrogens with one attached hydrogen (secondary N) is 2. The molecule has 0 spiro atoms. The van der Waals surface area contributed by atoms with Crippen molar-refractivity contribution >= 4 is 45.8 Å². The SMILES string of the molecule is CC(=N)NC(=O)c1ccc2ncc(C)c(-c3ccc(Cl)cc3Cl)c2c1. The number of amides is 1. The molecule has 126 valence electrons. The van der Waals surface area contributed by atoms with Gasteiger partial charge in [0.2, 0.25) is 0 Å². The Bertz CT molecular complexity index is 1010. The number of fused-ring (bicyclic) bond motifs is 1. The summed E-state index contributed by atoms with van der Waals surface area (Å²) in [6.07, 6.45) is 1.78. The molecule has 3 rings (SSSR count). The highest BCUT2D eigenvalue weighted by Crippen LogP contribution is 2.36. The maximum absolute atomic E-state index is 12.2. The molecule has 2 aromatic carbocycles. The van der Waals surface area contributed by atoms with Crippen LogP contribution in [0.15, 0.2) is 42.6 Å². The van der Waals surface area contributed by atoms with Crippen LogP contribution < -0.4 is 5.32 Å². The molecule has 4 nitrogen and oxygen atoms in total. The maximum atomic E-state index is 12.2. The van der Waals surface area contributed by atoms with Crippen molar-refractivity contribution < 1.29 is 4.79 Å². The van der Waals surface area contributed by atoms with Gasteiger partial charge in [-0.15, -0.1) is 0 Å². The number of rotatable bonds is 2. The Hall–Kier alpha value is -2.43. The molecule has 0 radical (unpaired) electrons. The van der Waals surface area contributed by atoms with E-state index in [0.29, 0.717) is 15.6 Å². The van der Waals surface area contributed by atoms with Crippen molar-refractivity contribution in [3.63, 3.8) is 0 Å². The number of halogens is 2. The fourth-order valence-electron chi connectivity index (χ4n) is 2.73. The normalized spacial score (nSPS) is 10.7. The van der Waals surface area contributed by atoms with E-state index >= 15 is 0 Å². The highest BCUT2D eigenvalue weighted by Gasteiger charge is 2.14. The van der Waals surface area contributed by atoms with Gasteiger partial charge in [-0.1, -0.05) is 29.3 Å². The molecule has 0 bridgehead atoms. The molecular formula is C19H15Cl2N3O. The van der Waals surface area contributed by atoms with Gasteiger partial charge in [0, 0.05) is 32.8 Å². The molecule has 3 aromatic rings. The first-order valence-corrected chi connectivity index (χ1v) is 8.33. The van der Waals surface area contributed by atoms with Crippen LogP contribution >= 0.6 is 23.2 Å². The van der Waals surface area contributed by atoms with E-state index in [-0.39, 0.29) is 11.7 Å². The zero-order valence-electron chi connectivity index (χ0n) is 13.7. The highest BCUT2D eigenvalue weighted by molar-refractivity contribution is 6.36. The van der Waals surface area contributed by atoms with Crippen molar-refractivity contribution in [3.05, 3.63) is 63.8 Å². The van der Waals surface area contributed by atoms with Crippen LogP contribution in [0.5, 0.6) is 0 Å². The molecule has 0 aliphatic rings. The summed E-state index contributed by atoms with van der Waals surface area (Å²) in [6.45, 7) is 3.46. The number of aryl methyl sites for hydroxylation is 1. The van der Waals surface area contributed by atoms with E-state index in [2.05, 4.69) is 10.3 Å². The van der Waals surface area contributed by atoms with Gasteiger partial charge in [-0.25, -0.2) is 0 Å². The first-order valence-electron chi connectivity index (χ1n) is 7.58. The quantitative estimate of drug-likeness (QED) is 0.477. The van der Waals surface area contributed by atoms with Crippen LogP contribution in [0.3, 0.4) is 0 Å². The first-order chi connectivity index (χ1) is 11.9. The molecule has 0 unspecified atom stereocenters. The molecule has 1 heterocycles. The van der Waals surface area contributed by atoms with Gasteiger partial charge in [-0.2, -0.15) is 0 Å².